The van der Waals surface area contributed by atoms with E-state index in [1.54, 1.807) is 24.3 Å². The lowest BCUT2D eigenvalue weighted by Crippen LogP contribution is -2.44. The van der Waals surface area contributed by atoms with Crippen molar-refractivity contribution in [3.05, 3.63) is 51.9 Å². The summed E-state index contributed by atoms with van der Waals surface area (Å²) in [6, 6.07) is 11.4. The molecule has 1 saturated heterocycles. The number of carboxylic acids is 1. The number of aliphatic hydroxyl groups excluding tert-OH is 1. The maximum Gasteiger partial charge on any atom is 0.348 e. The molecule has 178 valence electrons. The van der Waals surface area contributed by atoms with Gasteiger partial charge in [0.1, 0.15) is 15.5 Å². The van der Waals surface area contributed by atoms with E-state index in [0.717, 1.165) is 72.4 Å². The summed E-state index contributed by atoms with van der Waals surface area (Å²) in [5.74, 6) is -0.148. The van der Waals surface area contributed by atoms with Crippen molar-refractivity contribution in [2.24, 2.45) is 0 Å². The summed E-state index contributed by atoms with van der Waals surface area (Å²) in [5, 5.41) is 33.1. The minimum Gasteiger partial charge on any atom is -0.477 e. The van der Waals surface area contributed by atoms with E-state index in [0.29, 0.717) is 28.7 Å². The van der Waals surface area contributed by atoms with Crippen molar-refractivity contribution in [1.29, 1.82) is 5.26 Å². The summed E-state index contributed by atoms with van der Waals surface area (Å²) in [5.41, 5.74) is 8.90. The number of benzene rings is 1. The molecule has 3 heterocycles. The van der Waals surface area contributed by atoms with Crippen LogP contribution < -0.4 is 16.0 Å². The van der Waals surface area contributed by atoms with Crippen LogP contribution in [0.5, 0.6) is 0 Å². The third kappa shape index (κ3) is 4.99. The van der Waals surface area contributed by atoms with Gasteiger partial charge in [-0.15, -0.1) is 11.3 Å². The van der Waals surface area contributed by atoms with Crippen molar-refractivity contribution in [1.82, 2.24) is 10.3 Å². The molecule has 5 N–H and O–H groups in total. The number of hydrogen-bond donors (Lipinski definition) is 4. The van der Waals surface area contributed by atoms with Crippen molar-refractivity contribution in [2.45, 2.75) is 44.8 Å². The summed E-state index contributed by atoms with van der Waals surface area (Å²) in [6.07, 6.45) is 2.95. The summed E-state index contributed by atoms with van der Waals surface area (Å²) in [6.45, 7) is 4.19. The number of anilines is 2. The van der Waals surface area contributed by atoms with E-state index in [9.17, 15) is 15.0 Å². The molecule has 0 aliphatic carbocycles. The van der Waals surface area contributed by atoms with E-state index in [2.05, 4.69) is 29.3 Å². The van der Waals surface area contributed by atoms with Gasteiger partial charge in [0.2, 0.25) is 0 Å². The fraction of sp³-hybridized carbons (Fsp3) is 0.400. The number of piperidine rings is 1. The number of fused-ring (bicyclic) bond motifs is 1. The van der Waals surface area contributed by atoms with Crippen molar-refractivity contribution >= 4 is 39.0 Å². The van der Waals surface area contributed by atoms with Gasteiger partial charge in [-0.25, -0.2) is 9.78 Å². The van der Waals surface area contributed by atoms with Crippen molar-refractivity contribution < 1.29 is 15.0 Å². The third-order valence-corrected chi connectivity index (χ3v) is 7.41. The van der Waals surface area contributed by atoms with Crippen LogP contribution in [0.2, 0.25) is 0 Å². The first kappa shape index (κ1) is 24.0. The van der Waals surface area contributed by atoms with E-state index >= 15 is 0 Å². The second kappa shape index (κ2) is 10.4. The molecule has 3 aromatic rings. The molecular formula is C25H29N5O3S. The largest absolute Gasteiger partial charge is 0.477 e. The van der Waals surface area contributed by atoms with Crippen LogP contribution >= 0.6 is 11.3 Å². The monoisotopic (exact) mass is 479 g/mol. The molecular weight excluding hydrogens is 450 g/mol. The van der Waals surface area contributed by atoms with Gasteiger partial charge in [0.15, 0.2) is 0 Å². The van der Waals surface area contributed by atoms with Gasteiger partial charge in [0.25, 0.3) is 0 Å². The topological polar surface area (TPSA) is 136 Å². The molecule has 1 fully saturated rings. The van der Waals surface area contributed by atoms with E-state index in [4.69, 9.17) is 16.0 Å². The molecule has 2 aromatic heterocycles. The predicted octanol–water partition coefficient (Wildman–Crippen LogP) is 3.69. The number of nitrogen functional groups attached to an aromatic ring is 1. The van der Waals surface area contributed by atoms with Gasteiger partial charge in [-0.05, 0) is 48.6 Å². The Balaban J connectivity index is 1.40. The Hall–Kier alpha value is -3.19. The van der Waals surface area contributed by atoms with E-state index < -0.39 is 12.1 Å². The fourth-order valence-corrected chi connectivity index (χ4v) is 5.44. The molecule has 1 unspecified atom stereocenters. The zero-order valence-corrected chi connectivity index (χ0v) is 19.9. The Morgan fingerprint density at radius 3 is 2.68 bits per heavy atom. The standard InChI is InChI=1S/C25H29N5O3S/c1-2-3-17-12-20(29-24-21(17)22(27)23(34-24)25(32)33)30-10-8-18(9-11-30)28-14-19(31)16-6-4-15(13-26)5-7-16/h4-7,12,18-19,28,31H,2-3,8-11,14,27H2,1H3,(H,32,33). The summed E-state index contributed by atoms with van der Waals surface area (Å²) in [4.78, 5) is 19.4. The van der Waals surface area contributed by atoms with E-state index in [1.807, 2.05) is 0 Å². The van der Waals surface area contributed by atoms with Gasteiger partial charge >= 0.3 is 5.97 Å². The highest BCUT2D eigenvalue weighted by molar-refractivity contribution is 7.21. The molecule has 1 aliphatic heterocycles. The van der Waals surface area contributed by atoms with E-state index in [1.165, 1.54) is 0 Å². The summed E-state index contributed by atoms with van der Waals surface area (Å²) >= 11 is 1.14. The van der Waals surface area contributed by atoms with Gasteiger partial charge in [0.05, 0.1) is 23.4 Å². The van der Waals surface area contributed by atoms with Crippen molar-refractivity contribution in [3.8, 4) is 6.07 Å². The van der Waals surface area contributed by atoms with Crippen LogP contribution in [0.4, 0.5) is 11.5 Å². The minimum atomic E-state index is -1.01. The number of nitrogens with zero attached hydrogens (tertiary/aromatic N) is 3. The molecule has 0 bridgehead atoms. The van der Waals surface area contributed by atoms with E-state index in [-0.39, 0.29) is 4.88 Å². The number of carbonyl (C=O) groups is 1. The Morgan fingerprint density at radius 2 is 2.06 bits per heavy atom. The van der Waals surface area contributed by atoms with Crippen LogP contribution in [0.15, 0.2) is 30.3 Å². The molecule has 0 amide bonds. The molecule has 34 heavy (non-hydrogen) atoms. The average Bonchev–Trinajstić information content (AvgIpc) is 3.20. The quantitative estimate of drug-likeness (QED) is 0.384. The molecule has 0 saturated carbocycles. The highest BCUT2D eigenvalue weighted by Gasteiger charge is 2.24. The highest BCUT2D eigenvalue weighted by Crippen LogP contribution is 2.37. The number of nitriles is 1. The zero-order chi connectivity index (χ0) is 24.2. The van der Waals surface area contributed by atoms with Gasteiger partial charge < -0.3 is 26.2 Å². The Bertz CT molecular complexity index is 1210. The van der Waals surface area contributed by atoms with Crippen LogP contribution in [0.25, 0.3) is 10.2 Å². The van der Waals surface area contributed by atoms with Crippen LogP contribution in [0, 0.1) is 11.3 Å². The number of aromatic carboxylic acids is 1. The molecule has 4 rings (SSSR count). The minimum absolute atomic E-state index is 0.153. The lowest BCUT2D eigenvalue weighted by Gasteiger charge is -2.34. The number of thiophene rings is 1. The summed E-state index contributed by atoms with van der Waals surface area (Å²) < 4.78 is 0. The maximum atomic E-state index is 11.6. The molecule has 1 aromatic carbocycles. The lowest BCUT2D eigenvalue weighted by atomic mass is 10.0. The number of nitrogens with two attached hydrogens (primary N) is 1. The summed E-state index contributed by atoms with van der Waals surface area (Å²) in [7, 11) is 0. The van der Waals surface area contributed by atoms with Crippen LogP contribution in [0.3, 0.4) is 0 Å². The number of aryl methyl sites for hydroxylation is 1. The number of aromatic nitrogens is 1. The number of pyridine rings is 1. The Labute approximate surface area is 202 Å². The molecule has 1 aliphatic rings. The van der Waals surface area contributed by atoms with Crippen LogP contribution in [-0.2, 0) is 6.42 Å². The number of aliphatic hydroxyl groups is 1. The van der Waals surface area contributed by atoms with Crippen molar-refractivity contribution in [3.63, 3.8) is 0 Å². The average molecular weight is 480 g/mol. The van der Waals surface area contributed by atoms with Gasteiger partial charge in [0, 0.05) is 31.1 Å². The van der Waals surface area contributed by atoms with Gasteiger partial charge in [-0.3, -0.25) is 0 Å². The molecule has 0 radical (unpaired) electrons. The first-order valence-corrected chi connectivity index (χ1v) is 12.3. The Morgan fingerprint density at radius 1 is 1.35 bits per heavy atom. The van der Waals surface area contributed by atoms with Crippen LogP contribution in [-0.4, -0.2) is 46.8 Å². The maximum absolute atomic E-state index is 11.6. The number of hydrogen-bond acceptors (Lipinski definition) is 8. The second-order valence-corrected chi connectivity index (χ2v) is 9.64. The first-order valence-electron chi connectivity index (χ1n) is 11.5. The molecule has 8 nitrogen and oxygen atoms in total. The van der Waals surface area contributed by atoms with Gasteiger partial charge in [-0.1, -0.05) is 25.5 Å². The number of rotatable bonds is 8. The first-order chi connectivity index (χ1) is 16.4. The number of carboxylic acid groups (broad SMARTS) is 1. The Kier molecular flexibility index (Phi) is 7.32. The normalized spacial score (nSPS) is 15.4. The number of nitrogens with one attached hydrogen (secondary N) is 1. The van der Waals surface area contributed by atoms with Crippen molar-refractivity contribution in [2.75, 3.05) is 30.3 Å². The predicted molar refractivity (Wildman–Crippen MR) is 134 cm³/mol. The van der Waals surface area contributed by atoms with Gasteiger partial charge in [-0.2, -0.15) is 5.26 Å². The molecule has 1 atom stereocenters. The third-order valence-electron chi connectivity index (χ3n) is 6.32. The lowest BCUT2D eigenvalue weighted by molar-refractivity contribution is 0.0703. The molecule has 0 spiro atoms. The zero-order valence-electron chi connectivity index (χ0n) is 19.1. The fourth-order valence-electron chi connectivity index (χ4n) is 4.46. The SMILES string of the molecule is CCCc1cc(N2CCC(NCC(O)c3ccc(C#N)cc3)CC2)nc2sc(C(=O)O)c(N)c12. The molecule has 9 heteroatoms. The highest BCUT2D eigenvalue weighted by atomic mass is 32.1. The second-order valence-electron chi connectivity index (χ2n) is 8.64. The smallest absolute Gasteiger partial charge is 0.348 e. The van der Waals surface area contributed by atoms with Crippen LogP contribution in [0.1, 0.15) is 58.7 Å².